The number of nitrogens with zero attached hydrogens (tertiary/aromatic N) is 1. The monoisotopic (exact) mass is 239 g/mol. The standard InChI is InChI=1S/C10H13N3O4/c1-3-5-17-13-6(4-2)7-8(14)11-10(16)12-9(7)15/h3H,1,4-5H2,2H3,(H3,11,12,14,15,16)/b13-6-. The van der Waals surface area contributed by atoms with Gasteiger partial charge in [0.15, 0.2) is 0 Å². The van der Waals surface area contributed by atoms with Gasteiger partial charge in [-0.1, -0.05) is 24.7 Å². The van der Waals surface area contributed by atoms with Crippen LogP contribution in [0.3, 0.4) is 0 Å². The van der Waals surface area contributed by atoms with E-state index in [9.17, 15) is 14.7 Å². The molecule has 7 nitrogen and oxygen atoms in total. The maximum absolute atomic E-state index is 11.5. The lowest BCUT2D eigenvalue weighted by atomic mass is 10.1. The predicted octanol–water partition coefficient (Wildman–Crippen LogP) is 0.0855. The van der Waals surface area contributed by atoms with Crippen LogP contribution in [0.15, 0.2) is 27.4 Å². The quantitative estimate of drug-likeness (QED) is 0.293. The maximum atomic E-state index is 11.5. The highest BCUT2D eigenvalue weighted by Crippen LogP contribution is 2.09. The van der Waals surface area contributed by atoms with Crippen molar-refractivity contribution >= 4 is 5.71 Å². The van der Waals surface area contributed by atoms with Crippen molar-refractivity contribution in [3.63, 3.8) is 0 Å². The maximum Gasteiger partial charge on any atom is 0.328 e. The summed E-state index contributed by atoms with van der Waals surface area (Å²) in [7, 11) is 0. The average molecular weight is 239 g/mol. The van der Waals surface area contributed by atoms with Crippen LogP contribution in [0, 0.1) is 0 Å². The molecule has 92 valence electrons. The van der Waals surface area contributed by atoms with Crippen LogP contribution < -0.4 is 11.2 Å². The molecule has 17 heavy (non-hydrogen) atoms. The van der Waals surface area contributed by atoms with Gasteiger partial charge in [-0.3, -0.25) is 14.8 Å². The predicted molar refractivity (Wildman–Crippen MR) is 62.3 cm³/mol. The Labute approximate surface area is 96.5 Å². The van der Waals surface area contributed by atoms with Gasteiger partial charge in [0, 0.05) is 0 Å². The van der Waals surface area contributed by atoms with E-state index in [1.165, 1.54) is 6.08 Å². The molecule has 0 bridgehead atoms. The van der Waals surface area contributed by atoms with Crippen molar-refractivity contribution in [1.29, 1.82) is 0 Å². The lowest BCUT2D eigenvalue weighted by Crippen LogP contribution is -2.27. The van der Waals surface area contributed by atoms with E-state index in [1.54, 1.807) is 6.92 Å². The van der Waals surface area contributed by atoms with Crippen LogP contribution in [-0.4, -0.2) is 27.4 Å². The molecule has 0 spiro atoms. The van der Waals surface area contributed by atoms with E-state index in [-0.39, 0.29) is 17.9 Å². The lowest BCUT2D eigenvalue weighted by Gasteiger charge is -2.04. The molecule has 0 fully saturated rings. The van der Waals surface area contributed by atoms with Gasteiger partial charge in [0.25, 0.3) is 5.56 Å². The van der Waals surface area contributed by atoms with Crippen molar-refractivity contribution in [1.82, 2.24) is 9.97 Å². The smallest absolute Gasteiger partial charge is 0.328 e. The third-order valence-electron chi connectivity index (χ3n) is 1.91. The summed E-state index contributed by atoms with van der Waals surface area (Å²) in [5, 5.41) is 13.2. The molecule has 1 rings (SSSR count). The molecule has 0 aliphatic rings. The second-order valence-electron chi connectivity index (χ2n) is 3.11. The minimum atomic E-state index is -0.779. The minimum absolute atomic E-state index is 0.101. The van der Waals surface area contributed by atoms with Crippen LogP contribution in [0.1, 0.15) is 18.9 Å². The first-order chi connectivity index (χ1) is 8.10. The molecule has 1 heterocycles. The highest BCUT2D eigenvalue weighted by molar-refractivity contribution is 6.01. The molecular formula is C10H13N3O4. The molecule has 0 atom stereocenters. The second-order valence-corrected chi connectivity index (χ2v) is 3.11. The molecule has 7 heteroatoms. The van der Waals surface area contributed by atoms with E-state index >= 15 is 0 Å². The fourth-order valence-electron chi connectivity index (χ4n) is 1.20. The lowest BCUT2D eigenvalue weighted by molar-refractivity contribution is 0.174. The minimum Gasteiger partial charge on any atom is -0.494 e. The van der Waals surface area contributed by atoms with Crippen molar-refractivity contribution in [2.24, 2.45) is 5.16 Å². The molecule has 3 N–H and O–H groups in total. The van der Waals surface area contributed by atoms with Gasteiger partial charge in [-0.2, -0.15) is 0 Å². The summed E-state index contributed by atoms with van der Waals surface area (Å²) in [6.07, 6.45) is 1.85. The molecular weight excluding hydrogens is 226 g/mol. The average Bonchev–Trinajstić information content (AvgIpc) is 2.25. The molecule has 0 amide bonds. The zero-order valence-corrected chi connectivity index (χ0v) is 9.32. The molecule has 0 unspecified atom stereocenters. The van der Waals surface area contributed by atoms with Crippen molar-refractivity contribution < 1.29 is 9.94 Å². The largest absolute Gasteiger partial charge is 0.494 e. The Morgan fingerprint density at radius 3 is 2.76 bits per heavy atom. The molecule has 0 radical (unpaired) electrons. The SMILES string of the molecule is C=CCO/N=C(/CC)c1c(O)[nH]c(=O)[nH]c1=O. The number of oxime groups is 1. The van der Waals surface area contributed by atoms with Crippen molar-refractivity contribution in [2.75, 3.05) is 6.61 Å². The third-order valence-corrected chi connectivity index (χ3v) is 1.91. The molecule has 0 saturated heterocycles. The van der Waals surface area contributed by atoms with E-state index in [0.29, 0.717) is 6.42 Å². The van der Waals surface area contributed by atoms with Crippen LogP contribution in [0.2, 0.25) is 0 Å². The Kier molecular flexibility index (Phi) is 4.27. The van der Waals surface area contributed by atoms with Gasteiger partial charge in [0.05, 0.1) is 5.71 Å². The number of hydrogen-bond acceptors (Lipinski definition) is 5. The van der Waals surface area contributed by atoms with Crippen LogP contribution in [0.4, 0.5) is 0 Å². The van der Waals surface area contributed by atoms with E-state index in [0.717, 1.165) is 0 Å². The molecule has 0 aromatic carbocycles. The number of nitrogens with one attached hydrogen (secondary N) is 2. The topological polar surface area (TPSA) is 108 Å². The summed E-state index contributed by atoms with van der Waals surface area (Å²) in [4.78, 5) is 31.3. The first kappa shape index (κ1) is 12.8. The normalized spacial score (nSPS) is 11.2. The molecule has 1 aromatic heterocycles. The molecule has 0 aliphatic carbocycles. The second kappa shape index (κ2) is 5.69. The van der Waals surface area contributed by atoms with E-state index < -0.39 is 17.1 Å². The Morgan fingerprint density at radius 2 is 2.24 bits per heavy atom. The number of aromatic hydroxyl groups is 1. The Morgan fingerprint density at radius 1 is 1.53 bits per heavy atom. The number of aromatic amines is 2. The van der Waals surface area contributed by atoms with Gasteiger partial charge < -0.3 is 9.94 Å². The van der Waals surface area contributed by atoms with Crippen LogP contribution in [-0.2, 0) is 4.84 Å². The summed E-state index contributed by atoms with van der Waals surface area (Å²) >= 11 is 0. The van der Waals surface area contributed by atoms with Crippen LogP contribution >= 0.6 is 0 Å². The van der Waals surface area contributed by atoms with Crippen LogP contribution in [0.25, 0.3) is 0 Å². The molecule has 0 aliphatic heterocycles. The summed E-state index contributed by atoms with van der Waals surface area (Å²) in [5.41, 5.74) is -1.36. The Hall–Kier alpha value is -2.31. The highest BCUT2D eigenvalue weighted by atomic mass is 16.6. The zero-order valence-electron chi connectivity index (χ0n) is 9.32. The first-order valence-corrected chi connectivity index (χ1v) is 4.95. The van der Waals surface area contributed by atoms with Gasteiger partial charge in [0.1, 0.15) is 12.2 Å². The number of rotatable bonds is 5. The number of hydrogen-bond donors (Lipinski definition) is 3. The summed E-state index contributed by atoms with van der Waals surface area (Å²) < 4.78 is 0. The van der Waals surface area contributed by atoms with Crippen LogP contribution in [0.5, 0.6) is 5.88 Å². The number of H-pyrrole nitrogens is 2. The van der Waals surface area contributed by atoms with Gasteiger partial charge >= 0.3 is 5.69 Å². The third kappa shape index (κ3) is 3.07. The molecule has 1 aromatic rings. The van der Waals surface area contributed by atoms with Gasteiger partial charge in [-0.25, -0.2) is 4.79 Å². The number of aromatic nitrogens is 2. The fourth-order valence-corrected chi connectivity index (χ4v) is 1.20. The van der Waals surface area contributed by atoms with Gasteiger partial charge in [0.2, 0.25) is 5.88 Å². The first-order valence-electron chi connectivity index (χ1n) is 4.95. The van der Waals surface area contributed by atoms with E-state index in [2.05, 4.69) is 16.7 Å². The summed E-state index contributed by atoms with van der Waals surface area (Å²) in [5.74, 6) is -0.526. The summed E-state index contributed by atoms with van der Waals surface area (Å²) in [6.45, 7) is 5.37. The highest BCUT2D eigenvalue weighted by Gasteiger charge is 2.14. The zero-order chi connectivity index (χ0) is 12.8. The Bertz CT molecular complexity index is 541. The Balaban J connectivity index is 3.21. The van der Waals surface area contributed by atoms with Crippen molar-refractivity contribution in [2.45, 2.75) is 13.3 Å². The van der Waals surface area contributed by atoms with Crippen molar-refractivity contribution in [3.8, 4) is 5.88 Å². The fraction of sp³-hybridized carbons (Fsp3) is 0.300. The van der Waals surface area contributed by atoms with Crippen molar-refractivity contribution in [3.05, 3.63) is 39.1 Å². The van der Waals surface area contributed by atoms with E-state index in [1.807, 2.05) is 4.98 Å². The van der Waals surface area contributed by atoms with Gasteiger partial charge in [-0.15, -0.1) is 0 Å². The van der Waals surface area contributed by atoms with E-state index in [4.69, 9.17) is 4.84 Å². The summed E-state index contributed by atoms with van der Waals surface area (Å²) in [6, 6.07) is 0. The molecule has 0 saturated carbocycles. The van der Waals surface area contributed by atoms with Gasteiger partial charge in [-0.05, 0) is 6.42 Å².